The van der Waals surface area contributed by atoms with E-state index in [2.05, 4.69) is 11.1 Å². The second kappa shape index (κ2) is 7.36. The van der Waals surface area contributed by atoms with Crippen LogP contribution in [0.15, 0.2) is 79.0 Å². The lowest BCUT2D eigenvalue weighted by Crippen LogP contribution is -2.01. The van der Waals surface area contributed by atoms with Gasteiger partial charge in [-0.3, -0.25) is 0 Å². The van der Waals surface area contributed by atoms with Crippen molar-refractivity contribution in [2.24, 2.45) is 0 Å². The summed E-state index contributed by atoms with van der Waals surface area (Å²) in [5.41, 5.74) is 4.71. The molecule has 0 saturated heterocycles. The van der Waals surface area contributed by atoms with Gasteiger partial charge in [0, 0.05) is 22.5 Å². The molecule has 0 aliphatic rings. The quantitative estimate of drug-likeness (QED) is 0.476. The molecule has 2 aromatic heterocycles. The lowest BCUT2D eigenvalue weighted by atomic mass is 10.1. The average molecular weight is 371 g/mol. The van der Waals surface area contributed by atoms with Crippen LogP contribution in [-0.4, -0.2) is 14.8 Å². The maximum atomic E-state index is 9.78. The van der Waals surface area contributed by atoms with Gasteiger partial charge in [-0.15, -0.1) is 0 Å². The summed E-state index contributed by atoms with van der Waals surface area (Å²) in [6.45, 7) is 0. The predicted octanol–water partition coefficient (Wildman–Crippen LogP) is 5.58. The third-order valence-electron chi connectivity index (χ3n) is 4.17. The van der Waals surface area contributed by atoms with Crippen molar-refractivity contribution in [2.75, 3.05) is 0 Å². The molecule has 0 bridgehead atoms. The van der Waals surface area contributed by atoms with Crippen LogP contribution in [0, 0.1) is 11.3 Å². The van der Waals surface area contributed by atoms with Gasteiger partial charge in [0.2, 0.25) is 0 Å². The first-order valence-electron chi connectivity index (χ1n) is 8.41. The minimum absolute atomic E-state index is 0.522. The van der Waals surface area contributed by atoms with Gasteiger partial charge >= 0.3 is 0 Å². The first-order chi connectivity index (χ1) is 13.2. The fourth-order valence-electron chi connectivity index (χ4n) is 2.85. The summed E-state index contributed by atoms with van der Waals surface area (Å²) < 4.78 is 1.79. The Hall–Kier alpha value is -3.55. The highest BCUT2D eigenvalue weighted by atomic mass is 35.5. The standard InChI is InChI=1S/C22H15ClN4/c23-18-10-8-16(9-11-18)21-14-22(17(15-24)13-19-5-4-12-25-19)27(26-21)20-6-2-1-3-7-20/h1-14,25H/b17-13+. The summed E-state index contributed by atoms with van der Waals surface area (Å²) in [6.07, 6.45) is 3.65. The SMILES string of the molecule is N#C/C(=C\c1ccc[nH]1)c1cc(-c2ccc(Cl)cc2)nn1-c1ccccc1. The molecule has 4 rings (SSSR count). The fraction of sp³-hybridized carbons (Fsp3) is 0. The zero-order valence-corrected chi connectivity index (χ0v) is 15.1. The number of hydrogen-bond donors (Lipinski definition) is 1. The van der Waals surface area contributed by atoms with Gasteiger partial charge in [-0.05, 0) is 48.5 Å². The highest BCUT2D eigenvalue weighted by Crippen LogP contribution is 2.27. The second-order valence-corrected chi connectivity index (χ2v) is 6.40. The number of rotatable bonds is 4. The van der Waals surface area contributed by atoms with Crippen molar-refractivity contribution in [3.8, 4) is 23.0 Å². The molecule has 2 aromatic carbocycles. The summed E-state index contributed by atoms with van der Waals surface area (Å²) in [4.78, 5) is 3.10. The first kappa shape index (κ1) is 16.9. The van der Waals surface area contributed by atoms with Crippen LogP contribution in [0.4, 0.5) is 0 Å². The van der Waals surface area contributed by atoms with Gasteiger partial charge in [0.25, 0.3) is 0 Å². The highest BCUT2D eigenvalue weighted by Gasteiger charge is 2.15. The van der Waals surface area contributed by atoms with Crippen LogP contribution >= 0.6 is 11.6 Å². The molecule has 0 aliphatic carbocycles. The molecule has 0 radical (unpaired) electrons. The molecule has 0 unspecified atom stereocenters. The number of H-pyrrole nitrogens is 1. The van der Waals surface area contributed by atoms with E-state index in [9.17, 15) is 5.26 Å². The van der Waals surface area contributed by atoms with Crippen molar-refractivity contribution in [3.05, 3.63) is 95.4 Å². The van der Waals surface area contributed by atoms with Gasteiger partial charge in [0.15, 0.2) is 0 Å². The predicted molar refractivity (Wildman–Crippen MR) is 108 cm³/mol. The van der Waals surface area contributed by atoms with Crippen LogP contribution in [0.3, 0.4) is 0 Å². The Morgan fingerprint density at radius 2 is 1.81 bits per heavy atom. The molecule has 4 aromatic rings. The van der Waals surface area contributed by atoms with Gasteiger partial charge in [-0.1, -0.05) is 41.9 Å². The zero-order valence-electron chi connectivity index (χ0n) is 14.3. The molecule has 2 heterocycles. The van der Waals surface area contributed by atoms with Gasteiger partial charge in [-0.25, -0.2) is 4.68 Å². The Balaban J connectivity index is 1.88. The number of nitriles is 1. The number of aromatic nitrogens is 3. The van der Waals surface area contributed by atoms with E-state index in [0.29, 0.717) is 10.6 Å². The lowest BCUT2D eigenvalue weighted by molar-refractivity contribution is 0.872. The van der Waals surface area contributed by atoms with Gasteiger partial charge < -0.3 is 4.98 Å². The molecule has 1 N–H and O–H groups in total. The number of nitrogens with one attached hydrogen (secondary N) is 1. The number of hydrogen-bond acceptors (Lipinski definition) is 2. The summed E-state index contributed by atoms with van der Waals surface area (Å²) in [5.74, 6) is 0. The molecule has 27 heavy (non-hydrogen) atoms. The molecule has 130 valence electrons. The number of benzene rings is 2. The van der Waals surface area contributed by atoms with E-state index in [1.54, 1.807) is 4.68 Å². The molecule has 4 nitrogen and oxygen atoms in total. The monoisotopic (exact) mass is 370 g/mol. The minimum atomic E-state index is 0.522. The van der Waals surface area contributed by atoms with E-state index >= 15 is 0 Å². The summed E-state index contributed by atoms with van der Waals surface area (Å²) >= 11 is 6.00. The van der Waals surface area contributed by atoms with Crippen molar-refractivity contribution in [1.82, 2.24) is 14.8 Å². The van der Waals surface area contributed by atoms with E-state index in [1.165, 1.54) is 0 Å². The number of allylic oxidation sites excluding steroid dienone is 1. The third-order valence-corrected chi connectivity index (χ3v) is 4.42. The Kier molecular flexibility index (Phi) is 4.61. The molecule has 5 heteroatoms. The van der Waals surface area contributed by atoms with E-state index < -0.39 is 0 Å². The summed E-state index contributed by atoms with van der Waals surface area (Å²) in [5, 5.41) is 15.2. The summed E-state index contributed by atoms with van der Waals surface area (Å²) in [6, 6.07) is 25.3. The van der Waals surface area contributed by atoms with Crippen LogP contribution in [0.25, 0.3) is 28.6 Å². The third kappa shape index (κ3) is 3.55. The molecule has 0 atom stereocenters. The zero-order chi connectivity index (χ0) is 18.6. The fourth-order valence-corrected chi connectivity index (χ4v) is 2.98. The molecule has 0 fully saturated rings. The number of nitrogens with zero attached hydrogens (tertiary/aromatic N) is 3. The first-order valence-corrected chi connectivity index (χ1v) is 8.79. The number of para-hydroxylation sites is 1. The molecule has 0 saturated carbocycles. The van der Waals surface area contributed by atoms with Crippen LogP contribution < -0.4 is 0 Å². The topological polar surface area (TPSA) is 57.4 Å². The van der Waals surface area contributed by atoms with Crippen LogP contribution in [0.1, 0.15) is 11.4 Å². The van der Waals surface area contributed by atoms with Crippen molar-refractivity contribution < 1.29 is 0 Å². The molecule has 0 amide bonds. The average Bonchev–Trinajstić information content (AvgIpc) is 3.37. The van der Waals surface area contributed by atoms with Gasteiger partial charge in [0.1, 0.15) is 6.07 Å². The maximum absolute atomic E-state index is 9.78. The van der Waals surface area contributed by atoms with Crippen molar-refractivity contribution in [3.63, 3.8) is 0 Å². The van der Waals surface area contributed by atoms with Crippen LogP contribution in [-0.2, 0) is 0 Å². The maximum Gasteiger partial charge on any atom is 0.101 e. The van der Waals surface area contributed by atoms with Crippen molar-refractivity contribution in [2.45, 2.75) is 0 Å². The largest absolute Gasteiger partial charge is 0.362 e. The van der Waals surface area contributed by atoms with Gasteiger partial charge in [0.05, 0.1) is 22.6 Å². The second-order valence-electron chi connectivity index (χ2n) is 5.96. The number of halogens is 1. The Morgan fingerprint density at radius 1 is 1.04 bits per heavy atom. The lowest BCUT2D eigenvalue weighted by Gasteiger charge is -2.06. The molecule has 0 spiro atoms. The van der Waals surface area contributed by atoms with E-state index in [4.69, 9.17) is 16.7 Å². The summed E-state index contributed by atoms with van der Waals surface area (Å²) in [7, 11) is 0. The smallest absolute Gasteiger partial charge is 0.101 e. The van der Waals surface area contributed by atoms with Crippen LogP contribution in [0.2, 0.25) is 5.02 Å². The van der Waals surface area contributed by atoms with Crippen LogP contribution in [0.5, 0.6) is 0 Å². The Labute approximate surface area is 162 Å². The normalized spacial score (nSPS) is 11.3. The van der Waals surface area contributed by atoms with Crippen molar-refractivity contribution in [1.29, 1.82) is 5.26 Å². The molecular weight excluding hydrogens is 356 g/mol. The number of aromatic amines is 1. The highest BCUT2D eigenvalue weighted by molar-refractivity contribution is 6.30. The Morgan fingerprint density at radius 3 is 2.48 bits per heavy atom. The van der Waals surface area contributed by atoms with Crippen molar-refractivity contribution >= 4 is 23.3 Å². The Bertz CT molecular complexity index is 1120. The van der Waals surface area contributed by atoms with E-state index in [-0.39, 0.29) is 0 Å². The molecule has 0 aliphatic heterocycles. The minimum Gasteiger partial charge on any atom is -0.362 e. The van der Waals surface area contributed by atoms with Gasteiger partial charge in [-0.2, -0.15) is 10.4 Å². The van der Waals surface area contributed by atoms with E-state index in [0.717, 1.165) is 28.3 Å². The van der Waals surface area contributed by atoms with E-state index in [1.807, 2.05) is 85.1 Å². The molecular formula is C22H15ClN4.